The molecule has 0 aromatic carbocycles. The zero-order chi connectivity index (χ0) is 21.0. The lowest BCUT2D eigenvalue weighted by atomic mass is 10.0. The Morgan fingerprint density at radius 3 is 2.66 bits per heavy atom. The van der Waals surface area contributed by atoms with Gasteiger partial charge in [0.15, 0.2) is 0 Å². The van der Waals surface area contributed by atoms with Crippen LogP contribution in [0.3, 0.4) is 0 Å². The summed E-state index contributed by atoms with van der Waals surface area (Å²) >= 11 is 2.02. The van der Waals surface area contributed by atoms with Crippen molar-refractivity contribution in [1.82, 2.24) is 10.6 Å². The van der Waals surface area contributed by atoms with Crippen LogP contribution >= 0.6 is 22.7 Å². The van der Waals surface area contributed by atoms with E-state index >= 15 is 0 Å². The van der Waals surface area contributed by atoms with Gasteiger partial charge in [0.05, 0.1) is 28.8 Å². The summed E-state index contributed by atoms with van der Waals surface area (Å²) in [6, 6.07) is 4.70. The lowest BCUT2D eigenvalue weighted by Crippen LogP contribution is -2.46. The summed E-state index contributed by atoms with van der Waals surface area (Å²) in [7, 11) is 0. The molecule has 2 amide bonds. The molecule has 3 rings (SSSR count). The average Bonchev–Trinajstić information content (AvgIpc) is 3.37. The Bertz CT molecular complexity index is 981. The number of ether oxygens (including phenoxy) is 2. The summed E-state index contributed by atoms with van der Waals surface area (Å²) < 4.78 is 10.3. The van der Waals surface area contributed by atoms with E-state index in [1.54, 1.807) is 24.4 Å². The lowest BCUT2D eigenvalue weighted by Gasteiger charge is -2.28. The van der Waals surface area contributed by atoms with E-state index < -0.39 is 35.5 Å². The van der Waals surface area contributed by atoms with Crippen molar-refractivity contribution < 1.29 is 28.8 Å². The molecule has 1 aliphatic rings. The molecule has 2 aromatic heterocycles. The molecule has 29 heavy (non-hydrogen) atoms. The van der Waals surface area contributed by atoms with Gasteiger partial charge in [-0.3, -0.25) is 10.1 Å². The number of carbonyl (C=O) groups excluding carboxylic acids is 3. The fourth-order valence-corrected chi connectivity index (χ4v) is 4.09. The van der Waals surface area contributed by atoms with E-state index in [9.17, 15) is 24.5 Å². The van der Waals surface area contributed by atoms with Gasteiger partial charge in [-0.05, 0) is 24.4 Å². The van der Waals surface area contributed by atoms with Crippen molar-refractivity contribution in [3.05, 3.63) is 60.8 Å². The van der Waals surface area contributed by atoms with E-state index in [-0.39, 0.29) is 27.8 Å². The molecular formula is C17H15N3O7S2. The second-order valence-corrected chi connectivity index (χ2v) is 7.67. The minimum Gasteiger partial charge on any atom is -0.463 e. The normalized spacial score (nSPS) is 16.0. The van der Waals surface area contributed by atoms with Gasteiger partial charge in [0.25, 0.3) is 0 Å². The third-order valence-electron chi connectivity index (χ3n) is 3.80. The summed E-state index contributed by atoms with van der Waals surface area (Å²) in [4.78, 5) is 47.7. The van der Waals surface area contributed by atoms with Crippen LogP contribution in [0.5, 0.6) is 0 Å². The van der Waals surface area contributed by atoms with Gasteiger partial charge < -0.3 is 20.1 Å². The fraction of sp³-hybridized carbons (Fsp3) is 0.235. The van der Waals surface area contributed by atoms with Gasteiger partial charge in [0.1, 0.15) is 11.5 Å². The van der Waals surface area contributed by atoms with Crippen LogP contribution in [0, 0.1) is 10.1 Å². The number of thiophene rings is 2. The molecular weight excluding hydrogens is 422 g/mol. The number of amides is 2. The van der Waals surface area contributed by atoms with E-state index in [1.807, 2.05) is 0 Å². The van der Waals surface area contributed by atoms with Gasteiger partial charge in [-0.1, -0.05) is 17.4 Å². The van der Waals surface area contributed by atoms with Crippen LogP contribution in [-0.4, -0.2) is 36.1 Å². The predicted octanol–water partition coefficient (Wildman–Crippen LogP) is 2.75. The molecule has 0 spiro atoms. The number of nitrogens with zero attached hydrogens (tertiary/aromatic N) is 1. The minimum absolute atomic E-state index is 0.0325. The molecule has 2 aromatic rings. The monoisotopic (exact) mass is 437 g/mol. The van der Waals surface area contributed by atoms with Crippen LogP contribution in [0.4, 0.5) is 9.80 Å². The summed E-state index contributed by atoms with van der Waals surface area (Å²) in [6.45, 7) is 1.37. The van der Waals surface area contributed by atoms with Crippen molar-refractivity contribution in [3.8, 4) is 0 Å². The highest BCUT2D eigenvalue weighted by Gasteiger charge is 2.34. The number of nitro groups is 1. The van der Waals surface area contributed by atoms with Crippen molar-refractivity contribution in [2.24, 2.45) is 0 Å². The highest BCUT2D eigenvalue weighted by atomic mass is 32.1. The SMILES string of the molecule is CCOC(=O)C1=C(COC(=O)c2ccc([N+](=O)[O-])s2)NC(=O)NC1c1cccs1. The molecule has 1 unspecified atom stereocenters. The second-order valence-electron chi connectivity index (χ2n) is 5.63. The van der Waals surface area contributed by atoms with Crippen LogP contribution in [0.1, 0.15) is 27.5 Å². The number of rotatable bonds is 7. The Labute approximate surface area is 172 Å². The molecule has 0 bridgehead atoms. The maximum atomic E-state index is 12.5. The van der Waals surface area contributed by atoms with Crippen molar-refractivity contribution in [2.75, 3.05) is 13.2 Å². The first-order chi connectivity index (χ1) is 13.9. The smallest absolute Gasteiger partial charge is 0.348 e. The summed E-state index contributed by atoms with van der Waals surface area (Å²) in [5.41, 5.74) is 0.212. The minimum atomic E-state index is -0.806. The molecule has 12 heteroatoms. The molecule has 1 aliphatic heterocycles. The lowest BCUT2D eigenvalue weighted by molar-refractivity contribution is -0.380. The summed E-state index contributed by atoms with van der Waals surface area (Å²) in [5.74, 6) is -1.46. The number of esters is 2. The van der Waals surface area contributed by atoms with Crippen LogP contribution in [0.15, 0.2) is 40.9 Å². The molecule has 152 valence electrons. The van der Waals surface area contributed by atoms with Crippen LogP contribution < -0.4 is 10.6 Å². The Balaban J connectivity index is 1.86. The molecule has 0 saturated carbocycles. The van der Waals surface area contributed by atoms with Crippen molar-refractivity contribution in [2.45, 2.75) is 13.0 Å². The third kappa shape index (κ3) is 4.60. The molecule has 0 saturated heterocycles. The number of hydrogen-bond acceptors (Lipinski definition) is 9. The van der Waals surface area contributed by atoms with Gasteiger partial charge >= 0.3 is 23.0 Å². The highest BCUT2D eigenvalue weighted by Crippen LogP contribution is 2.31. The van der Waals surface area contributed by atoms with E-state index in [4.69, 9.17) is 9.47 Å². The molecule has 3 heterocycles. The number of hydrogen-bond donors (Lipinski definition) is 2. The molecule has 0 radical (unpaired) electrons. The topological polar surface area (TPSA) is 137 Å². The van der Waals surface area contributed by atoms with E-state index in [0.29, 0.717) is 16.2 Å². The van der Waals surface area contributed by atoms with Crippen molar-refractivity contribution in [3.63, 3.8) is 0 Å². The third-order valence-corrected chi connectivity index (χ3v) is 5.75. The number of urea groups is 1. The fourth-order valence-electron chi connectivity index (χ4n) is 2.59. The van der Waals surface area contributed by atoms with Crippen molar-refractivity contribution in [1.29, 1.82) is 0 Å². The zero-order valence-corrected chi connectivity index (χ0v) is 16.6. The first-order valence-corrected chi connectivity index (χ1v) is 10.0. The zero-order valence-electron chi connectivity index (χ0n) is 15.0. The van der Waals surface area contributed by atoms with Gasteiger partial charge in [-0.2, -0.15) is 0 Å². The molecule has 0 fully saturated rings. The van der Waals surface area contributed by atoms with E-state index in [1.165, 1.54) is 23.5 Å². The first-order valence-electron chi connectivity index (χ1n) is 8.33. The summed E-state index contributed by atoms with van der Waals surface area (Å²) in [6.07, 6.45) is 0. The van der Waals surface area contributed by atoms with Crippen molar-refractivity contribution >= 4 is 45.6 Å². The Kier molecular flexibility index (Phi) is 6.24. The van der Waals surface area contributed by atoms with Crippen LogP contribution in [0.2, 0.25) is 0 Å². The largest absolute Gasteiger partial charge is 0.463 e. The number of carbonyl (C=O) groups is 3. The maximum absolute atomic E-state index is 12.5. The van der Waals surface area contributed by atoms with E-state index in [0.717, 1.165) is 0 Å². The van der Waals surface area contributed by atoms with Crippen LogP contribution in [0.25, 0.3) is 0 Å². The number of nitrogens with one attached hydrogen (secondary N) is 2. The molecule has 0 aliphatic carbocycles. The second kappa shape index (κ2) is 8.84. The van der Waals surface area contributed by atoms with Gasteiger partial charge in [0, 0.05) is 10.9 Å². The van der Waals surface area contributed by atoms with Gasteiger partial charge in [0.2, 0.25) is 0 Å². The summed E-state index contributed by atoms with van der Waals surface area (Å²) in [5, 5.41) is 17.5. The van der Waals surface area contributed by atoms with E-state index in [2.05, 4.69) is 10.6 Å². The maximum Gasteiger partial charge on any atom is 0.348 e. The highest BCUT2D eigenvalue weighted by molar-refractivity contribution is 7.17. The molecule has 10 nitrogen and oxygen atoms in total. The van der Waals surface area contributed by atoms with Crippen LogP contribution in [-0.2, 0) is 14.3 Å². The Morgan fingerprint density at radius 1 is 1.24 bits per heavy atom. The quantitative estimate of drug-likeness (QED) is 0.386. The Morgan fingerprint density at radius 2 is 2.03 bits per heavy atom. The van der Waals surface area contributed by atoms with Gasteiger partial charge in [-0.15, -0.1) is 11.3 Å². The average molecular weight is 437 g/mol. The first kappa shape index (κ1) is 20.5. The Hall–Kier alpha value is -3.25. The molecule has 1 atom stereocenters. The van der Waals surface area contributed by atoms with Gasteiger partial charge in [-0.25, -0.2) is 14.4 Å². The standard InChI is InChI=1S/C17H15N3O7S2/c1-2-26-16(22)13-9(18-17(23)19-14(13)10-4-3-7-28-10)8-27-15(21)11-5-6-12(29-11)20(24)25/h3-7,14H,2,8H2,1H3,(H2,18,19,23). The predicted molar refractivity (Wildman–Crippen MR) is 104 cm³/mol. The molecule has 2 N–H and O–H groups in total.